The molecule has 3 nitrogen and oxygen atoms in total. The third-order valence-electron chi connectivity index (χ3n) is 3.19. The maximum absolute atomic E-state index is 10.6. The van der Waals surface area contributed by atoms with Crippen LogP contribution in [-0.4, -0.2) is 18.2 Å². The molecule has 4 heteroatoms. The van der Waals surface area contributed by atoms with Crippen molar-refractivity contribution >= 4 is 11.6 Å². The maximum atomic E-state index is 10.6. The molecule has 0 aliphatic carbocycles. The first kappa shape index (κ1) is 15.0. The van der Waals surface area contributed by atoms with E-state index in [1.807, 2.05) is 42.5 Å². The van der Waals surface area contributed by atoms with Gasteiger partial charge in [-0.15, -0.1) is 0 Å². The van der Waals surface area contributed by atoms with Gasteiger partial charge in [0.2, 0.25) is 0 Å². The van der Waals surface area contributed by atoms with Crippen LogP contribution in [0.25, 0.3) is 0 Å². The van der Waals surface area contributed by atoms with Gasteiger partial charge in [-0.1, -0.05) is 54.1 Å². The summed E-state index contributed by atoms with van der Waals surface area (Å²) in [4.78, 5) is 0. The van der Waals surface area contributed by atoms with Crippen molar-refractivity contribution in [3.8, 4) is 0 Å². The highest BCUT2D eigenvalue weighted by atomic mass is 35.5. The van der Waals surface area contributed by atoms with E-state index in [1.165, 1.54) is 0 Å². The highest BCUT2D eigenvalue weighted by Crippen LogP contribution is 2.29. The Morgan fingerprint density at radius 2 is 1.65 bits per heavy atom. The van der Waals surface area contributed by atoms with Crippen molar-refractivity contribution < 1.29 is 5.11 Å². The topological polar surface area (TPSA) is 58.3 Å². The van der Waals surface area contributed by atoms with Crippen LogP contribution >= 0.6 is 11.6 Å². The van der Waals surface area contributed by atoms with E-state index in [9.17, 15) is 5.11 Å². The van der Waals surface area contributed by atoms with Gasteiger partial charge in [0.25, 0.3) is 0 Å². The van der Waals surface area contributed by atoms with E-state index in [0.717, 1.165) is 11.1 Å². The van der Waals surface area contributed by atoms with E-state index < -0.39 is 6.10 Å². The summed E-state index contributed by atoms with van der Waals surface area (Å²) in [6, 6.07) is 16.9. The summed E-state index contributed by atoms with van der Waals surface area (Å²) in [5, 5.41) is 14.6. The normalized spacial score (nSPS) is 13.9. The van der Waals surface area contributed by atoms with Gasteiger partial charge in [-0.3, -0.25) is 0 Å². The van der Waals surface area contributed by atoms with Crippen LogP contribution in [0.3, 0.4) is 0 Å². The summed E-state index contributed by atoms with van der Waals surface area (Å²) < 4.78 is 0. The average molecular weight is 291 g/mol. The van der Waals surface area contributed by atoms with Gasteiger partial charge in [0.15, 0.2) is 0 Å². The molecule has 2 aromatic rings. The van der Waals surface area contributed by atoms with Crippen molar-refractivity contribution in [2.75, 3.05) is 13.1 Å². The summed E-state index contributed by atoms with van der Waals surface area (Å²) in [7, 11) is 0. The zero-order valence-corrected chi connectivity index (χ0v) is 11.9. The van der Waals surface area contributed by atoms with Crippen LogP contribution in [0.5, 0.6) is 0 Å². The molecular formula is C16H19ClN2O. The lowest BCUT2D eigenvalue weighted by molar-refractivity contribution is 0.129. The molecule has 0 heterocycles. The van der Waals surface area contributed by atoms with Gasteiger partial charge in [-0.2, -0.15) is 0 Å². The van der Waals surface area contributed by atoms with Gasteiger partial charge in [-0.05, 0) is 23.3 Å². The summed E-state index contributed by atoms with van der Waals surface area (Å²) in [5.41, 5.74) is 7.41. The molecule has 0 saturated heterocycles. The van der Waals surface area contributed by atoms with Gasteiger partial charge < -0.3 is 16.2 Å². The second-order valence-corrected chi connectivity index (χ2v) is 5.06. The Morgan fingerprint density at radius 1 is 1.00 bits per heavy atom. The Bertz CT molecular complexity index is 516. The van der Waals surface area contributed by atoms with Gasteiger partial charge >= 0.3 is 0 Å². The third kappa shape index (κ3) is 3.81. The van der Waals surface area contributed by atoms with E-state index in [0.29, 0.717) is 18.1 Å². The van der Waals surface area contributed by atoms with Crippen molar-refractivity contribution in [3.63, 3.8) is 0 Å². The molecule has 0 radical (unpaired) electrons. The number of nitrogens with one attached hydrogen (secondary N) is 1. The lowest BCUT2D eigenvalue weighted by atomic mass is 9.96. The lowest BCUT2D eigenvalue weighted by Gasteiger charge is -2.25. The number of hydrogen-bond donors (Lipinski definition) is 3. The Hall–Kier alpha value is -1.39. The van der Waals surface area contributed by atoms with E-state index in [4.69, 9.17) is 17.3 Å². The molecule has 2 atom stereocenters. The largest absolute Gasteiger partial charge is 0.386 e. The molecule has 0 bridgehead atoms. The van der Waals surface area contributed by atoms with E-state index >= 15 is 0 Å². The lowest BCUT2D eigenvalue weighted by Crippen LogP contribution is -2.31. The van der Waals surface area contributed by atoms with E-state index in [2.05, 4.69) is 5.32 Å². The average Bonchev–Trinajstić information content (AvgIpc) is 2.49. The summed E-state index contributed by atoms with van der Waals surface area (Å²) in [6.07, 6.45) is -0.652. The fraction of sp³-hybridized carbons (Fsp3) is 0.250. The van der Waals surface area contributed by atoms with Crippen LogP contribution in [0.1, 0.15) is 23.3 Å². The molecular weight excluding hydrogens is 272 g/mol. The Balaban J connectivity index is 2.23. The van der Waals surface area contributed by atoms with Crippen molar-refractivity contribution in [1.82, 2.24) is 5.32 Å². The zero-order valence-electron chi connectivity index (χ0n) is 11.2. The standard InChI is InChI=1S/C16H19ClN2O/c17-14-8-6-13(7-9-14)16(20)15(19-11-10-18)12-4-2-1-3-5-12/h1-9,15-16,19-20H,10-11,18H2/t15-,16-/m0/s1. The highest BCUT2D eigenvalue weighted by molar-refractivity contribution is 6.30. The predicted octanol–water partition coefficient (Wildman–Crippen LogP) is 2.66. The second-order valence-electron chi connectivity index (χ2n) is 4.63. The number of aliphatic hydroxyl groups excluding tert-OH is 1. The summed E-state index contributed by atoms with van der Waals surface area (Å²) in [6.45, 7) is 1.17. The van der Waals surface area contributed by atoms with Crippen LogP contribution in [0.4, 0.5) is 0 Å². The van der Waals surface area contributed by atoms with Crippen molar-refractivity contribution in [1.29, 1.82) is 0 Å². The Kier molecular flexibility index (Phi) is 5.56. The van der Waals surface area contributed by atoms with Crippen LogP contribution < -0.4 is 11.1 Å². The smallest absolute Gasteiger partial charge is 0.0984 e. The monoisotopic (exact) mass is 290 g/mol. The SMILES string of the molecule is NCCN[C@@H](c1ccccc1)[C@@H](O)c1ccc(Cl)cc1. The molecule has 0 aliphatic rings. The molecule has 0 unspecified atom stereocenters. The predicted molar refractivity (Wildman–Crippen MR) is 82.7 cm³/mol. The van der Waals surface area contributed by atoms with Crippen molar-refractivity contribution in [3.05, 3.63) is 70.7 Å². The molecule has 0 aromatic heterocycles. The van der Waals surface area contributed by atoms with Crippen LogP contribution in [-0.2, 0) is 0 Å². The number of benzene rings is 2. The Labute approximate surface area is 124 Å². The highest BCUT2D eigenvalue weighted by Gasteiger charge is 2.21. The molecule has 2 aromatic carbocycles. The van der Waals surface area contributed by atoms with Crippen LogP contribution in [0.2, 0.25) is 5.02 Å². The minimum Gasteiger partial charge on any atom is -0.386 e. The molecule has 2 rings (SSSR count). The first-order chi connectivity index (χ1) is 9.72. The molecule has 0 fully saturated rings. The molecule has 106 valence electrons. The van der Waals surface area contributed by atoms with Crippen LogP contribution in [0, 0.1) is 0 Å². The van der Waals surface area contributed by atoms with E-state index in [-0.39, 0.29) is 6.04 Å². The van der Waals surface area contributed by atoms with Gasteiger partial charge in [-0.25, -0.2) is 0 Å². The minimum atomic E-state index is -0.652. The quantitative estimate of drug-likeness (QED) is 0.766. The van der Waals surface area contributed by atoms with Crippen molar-refractivity contribution in [2.24, 2.45) is 5.73 Å². The number of hydrogen-bond acceptors (Lipinski definition) is 3. The number of nitrogens with two attached hydrogens (primary N) is 1. The molecule has 0 spiro atoms. The summed E-state index contributed by atoms with van der Waals surface area (Å²) >= 11 is 5.88. The van der Waals surface area contributed by atoms with Gasteiger partial charge in [0.05, 0.1) is 12.1 Å². The zero-order chi connectivity index (χ0) is 14.4. The fourth-order valence-electron chi connectivity index (χ4n) is 2.16. The first-order valence-electron chi connectivity index (χ1n) is 6.64. The minimum absolute atomic E-state index is 0.194. The van der Waals surface area contributed by atoms with Gasteiger partial charge in [0, 0.05) is 18.1 Å². The van der Waals surface area contributed by atoms with E-state index in [1.54, 1.807) is 12.1 Å². The second kappa shape index (κ2) is 7.41. The van der Waals surface area contributed by atoms with Gasteiger partial charge in [0.1, 0.15) is 0 Å². The number of aliphatic hydroxyl groups is 1. The third-order valence-corrected chi connectivity index (χ3v) is 3.45. The maximum Gasteiger partial charge on any atom is 0.0984 e. The van der Waals surface area contributed by atoms with Crippen LogP contribution in [0.15, 0.2) is 54.6 Å². The van der Waals surface area contributed by atoms with Crippen molar-refractivity contribution in [2.45, 2.75) is 12.1 Å². The molecule has 0 amide bonds. The Morgan fingerprint density at radius 3 is 2.25 bits per heavy atom. The number of rotatable bonds is 6. The molecule has 0 saturated carbocycles. The molecule has 20 heavy (non-hydrogen) atoms. The fourth-order valence-corrected chi connectivity index (χ4v) is 2.29. The summed E-state index contributed by atoms with van der Waals surface area (Å²) in [5.74, 6) is 0. The molecule has 4 N–H and O–H groups in total. The number of halogens is 1. The first-order valence-corrected chi connectivity index (χ1v) is 7.02. The molecule has 0 aliphatic heterocycles.